The minimum Gasteiger partial charge on any atom is -0.492 e. The van der Waals surface area contributed by atoms with E-state index in [2.05, 4.69) is 98.0 Å². The Bertz CT molecular complexity index is 1780. The fraction of sp³-hybridized carbons (Fsp3) is 0.371. The van der Waals surface area contributed by atoms with E-state index in [9.17, 15) is 4.79 Å². The van der Waals surface area contributed by atoms with Gasteiger partial charge in [0, 0.05) is 44.1 Å². The zero-order valence-corrected chi connectivity index (χ0v) is 27.7. The Morgan fingerprint density at radius 3 is 2.13 bits per heavy atom. The first-order valence-corrected chi connectivity index (χ1v) is 17.2. The molecule has 1 unspecified atom stereocenters. The number of aromatic nitrogens is 6. The Kier molecular flexibility index (Phi) is 9.03. The predicted molar refractivity (Wildman–Crippen MR) is 187 cm³/mol. The van der Waals surface area contributed by atoms with Crippen molar-refractivity contribution < 1.29 is 4.74 Å². The second-order valence-corrected chi connectivity index (χ2v) is 13.8. The molecular weight excluding hydrogens is 611 g/mol. The highest BCUT2D eigenvalue weighted by atomic mass is 32.2. The average molecular weight is 652 g/mol. The molecule has 3 aromatic carbocycles. The maximum atomic E-state index is 12.8. The van der Waals surface area contributed by atoms with Crippen LogP contribution in [0.25, 0.3) is 5.69 Å². The van der Waals surface area contributed by atoms with Crippen LogP contribution in [0.1, 0.15) is 31.9 Å². The third-order valence-corrected chi connectivity index (χ3v) is 10.7. The fourth-order valence-electron chi connectivity index (χ4n) is 6.28. The van der Waals surface area contributed by atoms with Crippen LogP contribution in [0, 0.1) is 0 Å². The number of hydrogen-bond acceptors (Lipinski definition) is 9. The van der Waals surface area contributed by atoms with E-state index in [1.54, 1.807) is 32.8 Å². The van der Waals surface area contributed by atoms with E-state index >= 15 is 0 Å². The molecule has 0 saturated carbocycles. The monoisotopic (exact) mass is 651 g/mol. The lowest BCUT2D eigenvalue weighted by molar-refractivity contribution is 0.314. The molecule has 5 aromatic rings. The SMILES string of the molecule is CCC(C)n1ncn(-c2ccc(N3CCN(c4ccc(OC[C@H]5CN[C@](Cn6nccn6)(c6ccccc6)S5)cc4)CC3)cc2)c1=O. The number of nitrogens with one attached hydrogen (secondary N) is 1. The quantitative estimate of drug-likeness (QED) is 0.221. The van der Waals surface area contributed by atoms with Crippen LogP contribution in [0.3, 0.4) is 0 Å². The second kappa shape index (κ2) is 13.7. The van der Waals surface area contributed by atoms with Gasteiger partial charge in [0.1, 0.15) is 23.6 Å². The summed E-state index contributed by atoms with van der Waals surface area (Å²) in [5, 5.41) is 17.1. The van der Waals surface area contributed by atoms with Crippen molar-refractivity contribution in [1.82, 2.24) is 34.7 Å². The standard InChI is InChI=1S/C35H41N9O2S/c1-3-27(2)44-34(45)42(26-39-44)31-11-9-29(10-12-31)40-19-21-41(22-20-40)30-13-15-32(16-14-30)46-24-33-23-36-35(47-33,25-43-37-17-18-38-43)28-7-5-4-6-8-28/h4-18,26-27,33,36H,3,19-25H2,1-2H3/t27?,33-,35+/m1/s1. The molecule has 2 fully saturated rings. The molecule has 1 N–H and O–H groups in total. The Balaban J connectivity index is 0.913. The van der Waals surface area contributed by atoms with Gasteiger partial charge in [0.05, 0.1) is 35.9 Å². The summed E-state index contributed by atoms with van der Waals surface area (Å²) in [7, 11) is 0. The van der Waals surface area contributed by atoms with Gasteiger partial charge in [-0.15, -0.1) is 11.8 Å². The maximum absolute atomic E-state index is 12.8. The van der Waals surface area contributed by atoms with E-state index in [4.69, 9.17) is 4.74 Å². The molecule has 0 aliphatic carbocycles. The molecule has 12 heteroatoms. The molecule has 2 aliphatic rings. The average Bonchev–Trinajstić information content (AvgIpc) is 3.89. The maximum Gasteiger partial charge on any atom is 0.350 e. The van der Waals surface area contributed by atoms with E-state index < -0.39 is 0 Å². The summed E-state index contributed by atoms with van der Waals surface area (Å²) in [6.45, 7) is 9.88. The van der Waals surface area contributed by atoms with Gasteiger partial charge in [-0.25, -0.2) is 14.0 Å². The van der Waals surface area contributed by atoms with Crippen LogP contribution in [-0.2, 0) is 11.4 Å². The van der Waals surface area contributed by atoms with Crippen molar-refractivity contribution in [2.24, 2.45) is 0 Å². The summed E-state index contributed by atoms with van der Waals surface area (Å²) in [6.07, 6.45) is 5.92. The lowest BCUT2D eigenvalue weighted by Gasteiger charge is -2.37. The third-order valence-electron chi connectivity index (χ3n) is 9.17. The molecule has 2 aliphatic heterocycles. The minimum absolute atomic E-state index is 0.0785. The summed E-state index contributed by atoms with van der Waals surface area (Å²) >= 11 is 1.89. The highest BCUT2D eigenvalue weighted by Gasteiger charge is 2.42. The van der Waals surface area contributed by atoms with E-state index in [-0.39, 0.29) is 21.9 Å². The summed E-state index contributed by atoms with van der Waals surface area (Å²) in [6, 6.07) is 27.3. The predicted octanol–water partition coefficient (Wildman–Crippen LogP) is 4.56. The lowest BCUT2D eigenvalue weighted by atomic mass is 10.1. The molecular formula is C35H41N9O2S. The number of piperazine rings is 1. The number of ether oxygens (including phenoxy) is 1. The van der Waals surface area contributed by atoms with E-state index in [1.807, 2.05) is 36.9 Å². The molecule has 0 amide bonds. The topological polar surface area (TPSA) is 98.3 Å². The van der Waals surface area contributed by atoms with Gasteiger partial charge >= 0.3 is 5.69 Å². The molecule has 47 heavy (non-hydrogen) atoms. The van der Waals surface area contributed by atoms with Crippen molar-refractivity contribution >= 4 is 23.1 Å². The molecule has 4 heterocycles. The summed E-state index contributed by atoms with van der Waals surface area (Å²) in [5.41, 5.74) is 4.32. The largest absolute Gasteiger partial charge is 0.492 e. The highest BCUT2D eigenvalue weighted by Crippen LogP contribution is 2.42. The Hall–Kier alpha value is -4.55. The van der Waals surface area contributed by atoms with Crippen LogP contribution in [0.4, 0.5) is 11.4 Å². The number of anilines is 2. The summed E-state index contributed by atoms with van der Waals surface area (Å²) < 4.78 is 9.45. The van der Waals surface area contributed by atoms with Gasteiger partial charge in [-0.1, -0.05) is 37.3 Å². The Labute approximate surface area is 279 Å². The van der Waals surface area contributed by atoms with Crippen LogP contribution < -0.4 is 25.5 Å². The molecule has 244 valence electrons. The van der Waals surface area contributed by atoms with Crippen molar-refractivity contribution in [3.05, 3.63) is 114 Å². The fourth-order valence-corrected chi connectivity index (χ4v) is 7.78. The normalized spacial score (nSPS) is 20.4. The number of nitrogens with zero attached hydrogens (tertiary/aromatic N) is 8. The Morgan fingerprint density at radius 2 is 1.49 bits per heavy atom. The smallest absolute Gasteiger partial charge is 0.350 e. The first kappa shape index (κ1) is 31.1. The third kappa shape index (κ3) is 6.66. The summed E-state index contributed by atoms with van der Waals surface area (Å²) in [5.74, 6) is 0.882. The second-order valence-electron chi connectivity index (χ2n) is 12.2. The number of benzene rings is 3. The molecule has 0 radical (unpaired) electrons. The molecule has 2 aromatic heterocycles. The minimum atomic E-state index is -0.306. The zero-order chi connectivity index (χ0) is 32.2. The van der Waals surface area contributed by atoms with E-state index in [1.165, 1.54) is 11.3 Å². The van der Waals surface area contributed by atoms with Crippen LogP contribution in [0.2, 0.25) is 0 Å². The molecule has 2 saturated heterocycles. The molecule has 0 bridgehead atoms. The van der Waals surface area contributed by atoms with Crippen LogP contribution >= 0.6 is 11.8 Å². The summed E-state index contributed by atoms with van der Waals surface area (Å²) in [4.78, 5) is 19.1. The van der Waals surface area contributed by atoms with Gasteiger partial charge in [-0.2, -0.15) is 20.1 Å². The number of rotatable bonds is 11. The van der Waals surface area contributed by atoms with Gasteiger partial charge in [-0.05, 0) is 67.4 Å². The van der Waals surface area contributed by atoms with Gasteiger partial charge in [0.25, 0.3) is 0 Å². The van der Waals surface area contributed by atoms with Crippen molar-refractivity contribution in [3.63, 3.8) is 0 Å². The number of hydrogen-bond donors (Lipinski definition) is 1. The van der Waals surface area contributed by atoms with Crippen molar-refractivity contribution in [2.75, 3.05) is 49.1 Å². The van der Waals surface area contributed by atoms with Crippen LogP contribution in [-0.4, -0.2) is 73.9 Å². The van der Waals surface area contributed by atoms with Gasteiger partial charge in [0.15, 0.2) is 0 Å². The molecule has 3 atom stereocenters. The van der Waals surface area contributed by atoms with Crippen molar-refractivity contribution in [3.8, 4) is 11.4 Å². The van der Waals surface area contributed by atoms with Gasteiger partial charge < -0.3 is 14.5 Å². The highest BCUT2D eigenvalue weighted by molar-refractivity contribution is 8.01. The molecule has 11 nitrogen and oxygen atoms in total. The van der Waals surface area contributed by atoms with Crippen LogP contribution in [0.5, 0.6) is 5.75 Å². The van der Waals surface area contributed by atoms with Gasteiger partial charge in [0.2, 0.25) is 0 Å². The molecule has 7 rings (SSSR count). The first-order valence-electron chi connectivity index (χ1n) is 16.3. The number of thioether (sulfide) groups is 1. The Morgan fingerprint density at radius 1 is 0.872 bits per heavy atom. The molecule has 0 spiro atoms. The van der Waals surface area contributed by atoms with E-state index in [0.717, 1.165) is 56.3 Å². The van der Waals surface area contributed by atoms with Gasteiger partial charge in [-0.3, -0.25) is 5.32 Å². The van der Waals surface area contributed by atoms with Crippen LogP contribution in [0.15, 0.2) is 102 Å². The zero-order valence-electron chi connectivity index (χ0n) is 26.9. The van der Waals surface area contributed by atoms with E-state index in [0.29, 0.717) is 13.2 Å². The lowest BCUT2D eigenvalue weighted by Crippen LogP contribution is -2.46. The van der Waals surface area contributed by atoms with Crippen molar-refractivity contribution in [2.45, 2.75) is 43.0 Å². The van der Waals surface area contributed by atoms with Crippen molar-refractivity contribution in [1.29, 1.82) is 0 Å². The first-order chi connectivity index (χ1) is 23.0.